The Bertz CT molecular complexity index is 1680. The molecule has 1 aliphatic heterocycles. The molecule has 48 heavy (non-hydrogen) atoms. The van der Waals surface area contributed by atoms with Gasteiger partial charge in [0.15, 0.2) is 0 Å². The summed E-state index contributed by atoms with van der Waals surface area (Å²) in [5.74, 6) is -3.62. The van der Waals surface area contributed by atoms with Gasteiger partial charge in [0.2, 0.25) is 11.8 Å². The largest absolute Gasteiger partial charge is 0.345 e. The van der Waals surface area contributed by atoms with E-state index in [2.05, 4.69) is 5.32 Å². The topological polar surface area (TPSA) is 131 Å². The number of hydrogen-bond donors (Lipinski definition) is 2. The predicted molar refractivity (Wildman–Crippen MR) is 174 cm³/mol. The van der Waals surface area contributed by atoms with Crippen molar-refractivity contribution in [1.82, 2.24) is 24.7 Å². The Morgan fingerprint density at radius 3 is 2.25 bits per heavy atom. The molecule has 2 aromatic carbocycles. The Hall–Kier alpha value is -4.78. The van der Waals surface area contributed by atoms with Crippen molar-refractivity contribution in [3.63, 3.8) is 0 Å². The van der Waals surface area contributed by atoms with Gasteiger partial charge in [-0.15, -0.1) is 0 Å². The molecule has 256 valence electrons. The lowest BCUT2D eigenvalue weighted by Gasteiger charge is -2.40. The standard InChI is InChI=1S/C35H41F3N6O4/c1-34(2,3)31(32-41-27(25-17-23(37)11-12-26(25)38)21-42(32)20-22-9-7-6-8-10-22)43(16-15-24(39)18-36)30(47)19-40-33(48)35(4,5)44-28(45)13-14-29(44)46/h6-14,17,21,24,31H,15-16,18-20,39H2,1-5H3,(H,40,48)/t24-,31-/m0/s1. The van der Waals surface area contributed by atoms with Gasteiger partial charge in [0.1, 0.15) is 29.7 Å². The highest BCUT2D eigenvalue weighted by molar-refractivity contribution is 6.16. The molecule has 0 unspecified atom stereocenters. The fourth-order valence-electron chi connectivity index (χ4n) is 5.68. The minimum atomic E-state index is -1.61. The van der Waals surface area contributed by atoms with Crippen molar-refractivity contribution >= 4 is 23.6 Å². The molecule has 4 rings (SSSR count). The zero-order valence-electron chi connectivity index (χ0n) is 27.7. The van der Waals surface area contributed by atoms with E-state index in [1.165, 1.54) is 18.7 Å². The number of nitrogens with one attached hydrogen (secondary N) is 1. The maximum atomic E-state index is 15.0. The first-order valence-corrected chi connectivity index (χ1v) is 15.6. The van der Waals surface area contributed by atoms with E-state index in [1.54, 1.807) is 10.8 Å². The van der Waals surface area contributed by atoms with Crippen molar-refractivity contribution in [1.29, 1.82) is 0 Å². The van der Waals surface area contributed by atoms with Gasteiger partial charge in [-0.25, -0.2) is 18.2 Å². The van der Waals surface area contributed by atoms with Gasteiger partial charge < -0.3 is 20.5 Å². The quantitative estimate of drug-likeness (QED) is 0.262. The van der Waals surface area contributed by atoms with Crippen LogP contribution in [0.25, 0.3) is 11.3 Å². The first-order chi connectivity index (χ1) is 22.5. The molecule has 0 spiro atoms. The number of nitrogens with zero attached hydrogens (tertiary/aromatic N) is 4. The van der Waals surface area contributed by atoms with E-state index >= 15 is 4.39 Å². The van der Waals surface area contributed by atoms with Crippen LogP contribution in [0.5, 0.6) is 0 Å². The Morgan fingerprint density at radius 1 is 1.00 bits per heavy atom. The number of rotatable bonds is 13. The van der Waals surface area contributed by atoms with Crippen molar-refractivity contribution in [2.45, 2.75) is 65.2 Å². The molecular weight excluding hydrogens is 625 g/mol. The Balaban J connectivity index is 1.76. The van der Waals surface area contributed by atoms with Gasteiger partial charge in [0.05, 0.1) is 18.3 Å². The van der Waals surface area contributed by atoms with Crippen LogP contribution >= 0.6 is 0 Å². The van der Waals surface area contributed by atoms with Gasteiger partial charge in [-0.1, -0.05) is 51.1 Å². The number of imide groups is 1. The second-order valence-corrected chi connectivity index (χ2v) is 13.4. The fourth-order valence-corrected chi connectivity index (χ4v) is 5.68. The highest BCUT2D eigenvalue weighted by Crippen LogP contribution is 2.39. The molecule has 4 amide bonds. The Labute approximate surface area is 277 Å². The summed E-state index contributed by atoms with van der Waals surface area (Å²) in [7, 11) is 0. The van der Waals surface area contributed by atoms with Crippen LogP contribution in [-0.4, -0.2) is 74.3 Å². The van der Waals surface area contributed by atoms with E-state index in [1.807, 2.05) is 51.1 Å². The van der Waals surface area contributed by atoms with Crippen LogP contribution in [0, 0.1) is 17.0 Å². The smallest absolute Gasteiger partial charge is 0.254 e. The number of aromatic nitrogens is 2. The second kappa shape index (κ2) is 14.5. The molecule has 0 fully saturated rings. The third kappa shape index (κ3) is 8.01. The van der Waals surface area contributed by atoms with Crippen LogP contribution in [0.3, 0.4) is 0 Å². The summed E-state index contributed by atoms with van der Waals surface area (Å²) in [6, 6.07) is 10.7. The number of hydrogen-bond acceptors (Lipinski definition) is 6. The number of benzene rings is 2. The number of imidazole rings is 1. The first-order valence-electron chi connectivity index (χ1n) is 15.6. The van der Waals surface area contributed by atoms with E-state index < -0.39 is 71.5 Å². The van der Waals surface area contributed by atoms with Gasteiger partial charge in [-0.05, 0) is 49.4 Å². The molecule has 0 saturated carbocycles. The summed E-state index contributed by atoms with van der Waals surface area (Å²) in [5, 5.41) is 2.55. The van der Waals surface area contributed by atoms with Crippen LogP contribution in [0.15, 0.2) is 66.9 Å². The van der Waals surface area contributed by atoms with E-state index in [0.717, 1.165) is 40.8 Å². The third-order valence-electron chi connectivity index (χ3n) is 8.17. The van der Waals surface area contributed by atoms with E-state index in [-0.39, 0.29) is 30.8 Å². The van der Waals surface area contributed by atoms with E-state index in [4.69, 9.17) is 10.7 Å². The van der Waals surface area contributed by atoms with Gasteiger partial charge in [-0.2, -0.15) is 0 Å². The maximum Gasteiger partial charge on any atom is 0.254 e. The summed E-state index contributed by atoms with van der Waals surface area (Å²) in [4.78, 5) is 59.0. The minimum Gasteiger partial charge on any atom is -0.345 e. The lowest BCUT2D eigenvalue weighted by atomic mass is 9.84. The fraction of sp³-hybridized carbons (Fsp3) is 0.400. The number of nitrogens with two attached hydrogens (primary N) is 1. The van der Waals surface area contributed by atoms with Crippen LogP contribution in [0.4, 0.5) is 13.2 Å². The van der Waals surface area contributed by atoms with Crippen molar-refractivity contribution in [2.75, 3.05) is 19.8 Å². The highest BCUT2D eigenvalue weighted by Gasteiger charge is 2.44. The zero-order chi connectivity index (χ0) is 35.4. The van der Waals surface area contributed by atoms with Gasteiger partial charge >= 0.3 is 0 Å². The minimum absolute atomic E-state index is 0.0278. The molecule has 1 aromatic heterocycles. The van der Waals surface area contributed by atoms with Crippen molar-refractivity contribution in [2.24, 2.45) is 11.1 Å². The monoisotopic (exact) mass is 666 g/mol. The molecule has 1 aliphatic rings. The summed E-state index contributed by atoms with van der Waals surface area (Å²) in [5.41, 5.74) is 4.53. The van der Waals surface area contributed by atoms with Crippen LogP contribution in [-0.2, 0) is 25.7 Å². The molecule has 2 heterocycles. The normalized spacial score (nSPS) is 14.7. The molecule has 0 bridgehead atoms. The summed E-state index contributed by atoms with van der Waals surface area (Å²) in [6.45, 7) is 7.27. The molecule has 0 saturated heterocycles. The van der Waals surface area contributed by atoms with Crippen molar-refractivity contribution in [3.8, 4) is 11.3 Å². The molecular formula is C35H41F3N6O4. The van der Waals surface area contributed by atoms with Crippen molar-refractivity contribution < 1.29 is 32.3 Å². The number of carbonyl (C=O) groups is 4. The maximum absolute atomic E-state index is 15.0. The van der Waals surface area contributed by atoms with Crippen LogP contribution in [0.1, 0.15) is 58.5 Å². The average Bonchev–Trinajstić information content (AvgIpc) is 3.60. The molecule has 3 N–H and O–H groups in total. The Kier molecular flexibility index (Phi) is 10.9. The van der Waals surface area contributed by atoms with Gasteiger partial charge in [-0.3, -0.25) is 24.1 Å². The zero-order valence-corrected chi connectivity index (χ0v) is 27.7. The number of halogens is 3. The molecule has 0 aliphatic carbocycles. The van der Waals surface area contributed by atoms with E-state index in [0.29, 0.717) is 5.82 Å². The highest BCUT2D eigenvalue weighted by atomic mass is 19.1. The third-order valence-corrected chi connectivity index (χ3v) is 8.17. The van der Waals surface area contributed by atoms with Crippen LogP contribution < -0.4 is 11.1 Å². The van der Waals surface area contributed by atoms with Gasteiger partial charge in [0.25, 0.3) is 11.8 Å². The molecule has 13 heteroatoms. The van der Waals surface area contributed by atoms with E-state index in [9.17, 15) is 28.0 Å². The summed E-state index contributed by atoms with van der Waals surface area (Å²) >= 11 is 0. The average molecular weight is 667 g/mol. The van der Waals surface area contributed by atoms with Gasteiger partial charge in [0, 0.05) is 43.0 Å². The molecule has 10 nitrogen and oxygen atoms in total. The van der Waals surface area contributed by atoms with Crippen molar-refractivity contribution in [3.05, 3.63) is 89.9 Å². The lowest BCUT2D eigenvalue weighted by Crippen LogP contribution is -2.58. The lowest BCUT2D eigenvalue weighted by molar-refractivity contribution is -0.150. The summed E-state index contributed by atoms with van der Waals surface area (Å²) in [6.07, 6.45) is 3.79. The molecule has 0 radical (unpaired) electrons. The molecule has 2 atom stereocenters. The SMILES string of the molecule is CC(C)(C)[C@H](c1nc(-c2cc(F)ccc2F)cn1Cc1ccccc1)N(CC[C@H](N)CF)C(=O)CNC(=O)C(C)(C)N1C(=O)C=CC1=O. The predicted octanol–water partition coefficient (Wildman–Crippen LogP) is 4.30. The molecule has 3 aromatic rings. The summed E-state index contributed by atoms with van der Waals surface area (Å²) < 4.78 is 44.6. The Morgan fingerprint density at radius 2 is 1.65 bits per heavy atom. The number of carbonyl (C=O) groups excluding carboxylic acids is 4. The first kappa shape index (κ1) is 36.1. The van der Waals surface area contributed by atoms with Crippen LogP contribution in [0.2, 0.25) is 0 Å². The second-order valence-electron chi connectivity index (χ2n) is 13.4. The number of amides is 4. The number of alkyl halides is 1.